The minimum absolute atomic E-state index is 0.147. The first-order valence-corrected chi connectivity index (χ1v) is 6.25. The maximum atomic E-state index is 10.8. The van der Waals surface area contributed by atoms with Crippen LogP contribution in [0.5, 0.6) is 0 Å². The zero-order chi connectivity index (χ0) is 12.4. The summed E-state index contributed by atoms with van der Waals surface area (Å²) in [4.78, 5) is 21.0. The quantitative estimate of drug-likeness (QED) is 0.410. The molecule has 0 aromatic carbocycles. The molecule has 0 aromatic heterocycles. The van der Waals surface area contributed by atoms with E-state index in [1.54, 1.807) is 6.92 Å². The highest BCUT2D eigenvalue weighted by molar-refractivity contribution is 4.82. The van der Waals surface area contributed by atoms with Crippen molar-refractivity contribution in [2.24, 2.45) is 10.4 Å². The number of nitrogens with zero attached hydrogens (tertiary/aromatic N) is 2. The smallest absolute Gasteiger partial charge is 0.0998 e. The predicted molar refractivity (Wildman–Crippen MR) is 67.5 cm³/mol. The van der Waals surface area contributed by atoms with Gasteiger partial charge in [0.1, 0.15) is 0 Å². The van der Waals surface area contributed by atoms with Gasteiger partial charge in [-0.15, -0.1) is 0 Å². The summed E-state index contributed by atoms with van der Waals surface area (Å²) in [7, 11) is 0. The first-order chi connectivity index (χ1) is 7.58. The van der Waals surface area contributed by atoms with Crippen molar-refractivity contribution in [1.29, 1.82) is 0 Å². The Hall–Kier alpha value is -0.800. The molecule has 0 N–H and O–H groups in total. The molecule has 0 saturated heterocycles. The van der Waals surface area contributed by atoms with E-state index in [1.807, 2.05) is 6.92 Å². The van der Waals surface area contributed by atoms with Crippen molar-refractivity contribution in [2.45, 2.75) is 77.3 Å². The average molecular weight is 228 g/mol. The van der Waals surface area contributed by atoms with Crippen LogP contribution in [0.25, 0.3) is 0 Å². The molecule has 0 aliphatic carbocycles. The van der Waals surface area contributed by atoms with Crippen molar-refractivity contribution in [3.63, 3.8) is 0 Å². The van der Waals surface area contributed by atoms with E-state index in [4.69, 9.17) is 0 Å². The second-order valence-electron chi connectivity index (χ2n) is 4.89. The van der Waals surface area contributed by atoms with Gasteiger partial charge in [0.15, 0.2) is 0 Å². The molecule has 0 fully saturated rings. The molecule has 94 valence electrons. The second-order valence-corrected chi connectivity index (χ2v) is 4.89. The molecule has 0 bridgehead atoms. The predicted octanol–water partition coefficient (Wildman–Crippen LogP) is 4.42. The fourth-order valence-corrected chi connectivity index (χ4v) is 1.80. The molecular formula is C12H24N2O2. The van der Waals surface area contributed by atoms with Crippen molar-refractivity contribution >= 4 is 0 Å². The van der Waals surface area contributed by atoms with Crippen LogP contribution in [0.2, 0.25) is 0 Å². The maximum absolute atomic E-state index is 10.8. The third-order valence-electron chi connectivity index (χ3n) is 3.06. The van der Waals surface area contributed by atoms with Crippen molar-refractivity contribution in [3.05, 3.63) is 9.81 Å². The van der Waals surface area contributed by atoms with Crippen LogP contribution >= 0.6 is 0 Å². The van der Waals surface area contributed by atoms with Crippen molar-refractivity contribution in [2.75, 3.05) is 0 Å². The first kappa shape index (κ1) is 15.2. The van der Waals surface area contributed by atoms with E-state index in [9.17, 15) is 9.81 Å². The Labute approximate surface area is 98.1 Å². The number of rotatable bonds is 10. The molecule has 0 amide bonds. The van der Waals surface area contributed by atoms with Crippen LogP contribution in [0.1, 0.15) is 65.7 Å². The molecule has 4 nitrogen and oxygen atoms in total. The lowest BCUT2D eigenvalue weighted by atomic mass is 9.89. The summed E-state index contributed by atoms with van der Waals surface area (Å²) in [5.41, 5.74) is -0.447. The van der Waals surface area contributed by atoms with Gasteiger partial charge in [-0.2, -0.15) is 9.81 Å². The van der Waals surface area contributed by atoms with E-state index < -0.39 is 5.54 Å². The van der Waals surface area contributed by atoms with Gasteiger partial charge >= 0.3 is 0 Å². The van der Waals surface area contributed by atoms with E-state index in [2.05, 4.69) is 17.3 Å². The molecular weight excluding hydrogens is 204 g/mol. The highest BCUT2D eigenvalue weighted by Crippen LogP contribution is 2.26. The van der Waals surface area contributed by atoms with Crippen LogP contribution in [0, 0.1) is 9.81 Å². The molecule has 0 rings (SSSR count). The Morgan fingerprint density at radius 2 is 1.75 bits per heavy atom. The summed E-state index contributed by atoms with van der Waals surface area (Å²) in [6, 6.07) is -0.147. The van der Waals surface area contributed by atoms with E-state index >= 15 is 0 Å². The van der Waals surface area contributed by atoms with E-state index in [-0.39, 0.29) is 6.04 Å². The Balaban J connectivity index is 3.86. The second kappa shape index (κ2) is 8.36. The third-order valence-corrected chi connectivity index (χ3v) is 3.06. The monoisotopic (exact) mass is 228 g/mol. The Morgan fingerprint density at radius 3 is 2.25 bits per heavy atom. The van der Waals surface area contributed by atoms with Gasteiger partial charge in [0.2, 0.25) is 0 Å². The molecule has 0 spiro atoms. The number of nitroso groups, excluding NO2 is 2. The molecule has 0 aliphatic rings. The summed E-state index contributed by atoms with van der Waals surface area (Å²) >= 11 is 0. The van der Waals surface area contributed by atoms with Crippen molar-refractivity contribution in [1.82, 2.24) is 0 Å². The molecule has 2 unspecified atom stereocenters. The molecule has 4 heteroatoms. The van der Waals surface area contributed by atoms with Crippen molar-refractivity contribution in [3.8, 4) is 0 Å². The van der Waals surface area contributed by atoms with Crippen LogP contribution in [0.15, 0.2) is 10.4 Å². The SMILES string of the molecule is CCCCCC(C)(CCCC(C)N=O)N=O. The van der Waals surface area contributed by atoms with Gasteiger partial charge < -0.3 is 0 Å². The van der Waals surface area contributed by atoms with Gasteiger partial charge in [-0.05, 0) is 39.5 Å². The Morgan fingerprint density at radius 1 is 1.12 bits per heavy atom. The Kier molecular flexibility index (Phi) is 7.95. The highest BCUT2D eigenvalue weighted by Gasteiger charge is 2.24. The van der Waals surface area contributed by atoms with E-state index in [1.165, 1.54) is 0 Å². The van der Waals surface area contributed by atoms with Crippen LogP contribution in [0.3, 0.4) is 0 Å². The summed E-state index contributed by atoms with van der Waals surface area (Å²) in [5.74, 6) is 0. The minimum Gasteiger partial charge on any atom is -0.151 e. The molecule has 0 radical (unpaired) electrons. The highest BCUT2D eigenvalue weighted by atomic mass is 16.3. The molecule has 0 aliphatic heterocycles. The number of hydrogen-bond donors (Lipinski definition) is 0. The maximum Gasteiger partial charge on any atom is 0.0998 e. The molecule has 2 atom stereocenters. The Bertz CT molecular complexity index is 209. The van der Waals surface area contributed by atoms with Crippen LogP contribution < -0.4 is 0 Å². The lowest BCUT2D eigenvalue weighted by Gasteiger charge is -2.21. The van der Waals surface area contributed by atoms with Gasteiger partial charge in [0.25, 0.3) is 0 Å². The van der Waals surface area contributed by atoms with Crippen LogP contribution in [-0.2, 0) is 0 Å². The van der Waals surface area contributed by atoms with Gasteiger partial charge in [0, 0.05) is 0 Å². The normalized spacial score (nSPS) is 16.4. The van der Waals surface area contributed by atoms with E-state index in [0.717, 1.165) is 44.9 Å². The molecule has 0 aromatic rings. The fraction of sp³-hybridized carbons (Fsp3) is 1.00. The summed E-state index contributed by atoms with van der Waals surface area (Å²) in [5, 5.41) is 6.21. The van der Waals surface area contributed by atoms with Gasteiger partial charge in [-0.1, -0.05) is 36.5 Å². The van der Waals surface area contributed by atoms with Gasteiger partial charge in [-0.25, -0.2) is 0 Å². The lowest BCUT2D eigenvalue weighted by molar-refractivity contribution is 0.364. The zero-order valence-electron chi connectivity index (χ0n) is 10.7. The summed E-state index contributed by atoms with van der Waals surface area (Å²) in [6.07, 6.45) is 6.58. The zero-order valence-corrected chi connectivity index (χ0v) is 10.7. The lowest BCUT2D eigenvalue weighted by Crippen LogP contribution is -2.21. The van der Waals surface area contributed by atoms with Crippen molar-refractivity contribution < 1.29 is 0 Å². The summed E-state index contributed by atoms with van der Waals surface area (Å²) < 4.78 is 0. The molecule has 16 heavy (non-hydrogen) atoms. The van der Waals surface area contributed by atoms with Gasteiger partial charge in [-0.3, -0.25) is 0 Å². The standard InChI is InChI=1S/C12H24N2O2/c1-4-5-6-9-12(3,14-16)10-7-8-11(2)13-15/h11H,4-10H2,1-3H3. The molecule has 0 heterocycles. The minimum atomic E-state index is -0.447. The third kappa shape index (κ3) is 6.64. The topological polar surface area (TPSA) is 58.9 Å². The van der Waals surface area contributed by atoms with Crippen LogP contribution in [-0.4, -0.2) is 11.6 Å². The largest absolute Gasteiger partial charge is 0.151 e. The summed E-state index contributed by atoms with van der Waals surface area (Å²) in [6.45, 7) is 5.85. The number of unbranched alkanes of at least 4 members (excludes halogenated alkanes) is 2. The van der Waals surface area contributed by atoms with E-state index in [0.29, 0.717) is 0 Å². The van der Waals surface area contributed by atoms with Gasteiger partial charge in [0.05, 0.1) is 11.6 Å². The van der Waals surface area contributed by atoms with Crippen LogP contribution in [0.4, 0.5) is 0 Å². The number of hydrogen-bond acceptors (Lipinski definition) is 4. The average Bonchev–Trinajstić information content (AvgIpc) is 2.29. The fourth-order valence-electron chi connectivity index (χ4n) is 1.80. The molecule has 0 saturated carbocycles. The first-order valence-electron chi connectivity index (χ1n) is 6.25.